The van der Waals surface area contributed by atoms with Gasteiger partial charge < -0.3 is 5.11 Å². The number of aliphatic hydroxyl groups is 1. The van der Waals surface area contributed by atoms with Crippen LogP contribution in [-0.4, -0.2) is 40.8 Å². The fourth-order valence-corrected chi connectivity index (χ4v) is 2.83. The molecule has 14 heavy (non-hydrogen) atoms. The van der Waals surface area contributed by atoms with Gasteiger partial charge in [-0.3, -0.25) is 4.90 Å². The third kappa shape index (κ3) is 4.67. The summed E-state index contributed by atoms with van der Waals surface area (Å²) in [5, 5.41) is 9.72. The second-order valence-corrected chi connectivity index (χ2v) is 5.83. The molecule has 1 heterocycles. The van der Waals surface area contributed by atoms with E-state index in [0.717, 1.165) is 18.2 Å². The van der Waals surface area contributed by atoms with Crippen LogP contribution in [0.3, 0.4) is 0 Å². The quantitative estimate of drug-likeness (QED) is 0.781. The molecule has 0 spiro atoms. The van der Waals surface area contributed by atoms with Gasteiger partial charge in [0.2, 0.25) is 0 Å². The highest BCUT2D eigenvalue weighted by molar-refractivity contribution is 7.98. The lowest BCUT2D eigenvalue weighted by atomic mass is 9.86. The van der Waals surface area contributed by atoms with Crippen molar-refractivity contribution in [1.82, 2.24) is 4.90 Å². The number of thioether (sulfide) groups is 1. The maximum atomic E-state index is 9.72. The van der Waals surface area contributed by atoms with Gasteiger partial charge in [0, 0.05) is 5.88 Å². The molecule has 0 saturated carbocycles. The summed E-state index contributed by atoms with van der Waals surface area (Å²) in [6.45, 7) is 6.26. The molecule has 1 aliphatic rings. The van der Waals surface area contributed by atoms with E-state index in [-0.39, 0.29) is 0 Å². The van der Waals surface area contributed by atoms with Crippen molar-refractivity contribution in [3.63, 3.8) is 0 Å². The Hall–Kier alpha value is 0.270. The minimum atomic E-state index is -0.480. The highest BCUT2D eigenvalue weighted by Crippen LogP contribution is 2.26. The van der Waals surface area contributed by atoms with Gasteiger partial charge in [-0.2, -0.15) is 0 Å². The van der Waals surface area contributed by atoms with Crippen molar-refractivity contribution in [2.45, 2.75) is 38.7 Å². The van der Waals surface area contributed by atoms with Crippen LogP contribution in [0.5, 0.6) is 0 Å². The molecular weight excluding hydrogens is 194 g/mol. The van der Waals surface area contributed by atoms with Crippen LogP contribution in [0.2, 0.25) is 0 Å². The third-order valence-corrected chi connectivity index (χ3v) is 3.43. The van der Waals surface area contributed by atoms with E-state index < -0.39 is 5.60 Å². The van der Waals surface area contributed by atoms with E-state index in [0.29, 0.717) is 0 Å². The van der Waals surface area contributed by atoms with Crippen LogP contribution in [0.25, 0.3) is 0 Å². The second kappa shape index (κ2) is 5.38. The van der Waals surface area contributed by atoms with Crippen molar-refractivity contribution in [1.29, 1.82) is 0 Å². The van der Waals surface area contributed by atoms with Gasteiger partial charge in [0.1, 0.15) is 0 Å². The molecule has 84 valence electrons. The number of nitrogens with zero attached hydrogens (tertiary/aromatic N) is 1. The second-order valence-electron chi connectivity index (χ2n) is 5.00. The van der Waals surface area contributed by atoms with Gasteiger partial charge in [0.05, 0.1) is 5.60 Å². The van der Waals surface area contributed by atoms with Crippen LogP contribution in [0.1, 0.15) is 33.1 Å². The fourth-order valence-electron chi connectivity index (χ4n) is 2.21. The number of likely N-dealkylation sites (tertiary alicyclic amines) is 1. The zero-order valence-corrected chi connectivity index (χ0v) is 10.4. The molecule has 1 aliphatic heterocycles. The number of hydrogen-bond acceptors (Lipinski definition) is 3. The van der Waals surface area contributed by atoms with Crippen molar-refractivity contribution in [2.24, 2.45) is 5.92 Å². The van der Waals surface area contributed by atoms with Crippen molar-refractivity contribution >= 4 is 11.8 Å². The van der Waals surface area contributed by atoms with Crippen LogP contribution < -0.4 is 0 Å². The molecule has 0 amide bonds. The van der Waals surface area contributed by atoms with Gasteiger partial charge in [-0.25, -0.2) is 0 Å². The van der Waals surface area contributed by atoms with E-state index in [1.807, 2.05) is 25.6 Å². The minimum Gasteiger partial charge on any atom is -0.390 e. The Labute approximate surface area is 92.1 Å². The van der Waals surface area contributed by atoms with E-state index in [2.05, 4.69) is 11.2 Å². The van der Waals surface area contributed by atoms with Gasteiger partial charge in [-0.1, -0.05) is 0 Å². The fraction of sp³-hybridized carbons (Fsp3) is 1.00. The summed E-state index contributed by atoms with van der Waals surface area (Å²) < 4.78 is 0. The van der Waals surface area contributed by atoms with Crippen LogP contribution in [0.4, 0.5) is 0 Å². The summed E-state index contributed by atoms with van der Waals surface area (Å²) in [5.41, 5.74) is -0.480. The average molecular weight is 217 g/mol. The lowest BCUT2D eigenvalue weighted by molar-refractivity contribution is 0.0394. The highest BCUT2D eigenvalue weighted by atomic mass is 32.2. The van der Waals surface area contributed by atoms with E-state index in [9.17, 15) is 5.11 Å². The lowest BCUT2D eigenvalue weighted by Gasteiger charge is -2.34. The molecule has 0 aromatic heterocycles. The van der Waals surface area contributed by atoms with Gasteiger partial charge in [-0.15, -0.1) is 11.8 Å². The summed E-state index contributed by atoms with van der Waals surface area (Å²) in [6.07, 6.45) is 5.62. The first-order valence-electron chi connectivity index (χ1n) is 5.45. The molecule has 3 heteroatoms. The molecule has 0 radical (unpaired) electrons. The number of rotatable bonds is 4. The average Bonchev–Trinajstić information content (AvgIpc) is 2.06. The molecule has 1 saturated heterocycles. The number of hydrogen-bond donors (Lipinski definition) is 1. The predicted octanol–water partition coefficient (Wildman–Crippen LogP) is 2.18. The van der Waals surface area contributed by atoms with Gasteiger partial charge in [0.15, 0.2) is 0 Å². The SMILES string of the molecule is CSCN1CCC(CC(C)(C)O)CC1. The van der Waals surface area contributed by atoms with Crippen molar-refractivity contribution in [3.05, 3.63) is 0 Å². The number of piperidine rings is 1. The minimum absolute atomic E-state index is 0.480. The predicted molar refractivity (Wildman–Crippen MR) is 63.6 cm³/mol. The van der Waals surface area contributed by atoms with Crippen molar-refractivity contribution in [2.75, 3.05) is 25.2 Å². The van der Waals surface area contributed by atoms with Gasteiger partial charge >= 0.3 is 0 Å². The molecule has 0 unspecified atom stereocenters. The lowest BCUT2D eigenvalue weighted by Crippen LogP contribution is -2.36. The summed E-state index contributed by atoms with van der Waals surface area (Å²) in [7, 11) is 0. The van der Waals surface area contributed by atoms with Crippen LogP contribution in [0, 0.1) is 5.92 Å². The van der Waals surface area contributed by atoms with Crippen LogP contribution in [-0.2, 0) is 0 Å². The van der Waals surface area contributed by atoms with E-state index >= 15 is 0 Å². The summed E-state index contributed by atoms with van der Waals surface area (Å²) >= 11 is 1.90. The molecule has 2 nitrogen and oxygen atoms in total. The Morgan fingerprint density at radius 3 is 2.36 bits per heavy atom. The van der Waals surface area contributed by atoms with Gasteiger partial charge in [0.25, 0.3) is 0 Å². The first-order chi connectivity index (χ1) is 6.51. The molecule has 1 rings (SSSR count). The van der Waals surface area contributed by atoms with Crippen molar-refractivity contribution < 1.29 is 5.11 Å². The molecule has 0 aromatic carbocycles. The molecular formula is C11H23NOS. The highest BCUT2D eigenvalue weighted by Gasteiger charge is 2.24. The van der Waals surface area contributed by atoms with Crippen molar-refractivity contribution in [3.8, 4) is 0 Å². The molecule has 0 atom stereocenters. The Balaban J connectivity index is 2.22. The van der Waals surface area contributed by atoms with E-state index in [4.69, 9.17) is 0 Å². The molecule has 1 N–H and O–H groups in total. The third-order valence-electron chi connectivity index (χ3n) is 2.81. The summed E-state index contributed by atoms with van der Waals surface area (Å²) in [5.74, 6) is 1.89. The zero-order valence-electron chi connectivity index (χ0n) is 9.62. The Morgan fingerprint density at radius 1 is 1.36 bits per heavy atom. The zero-order chi connectivity index (χ0) is 10.6. The Bertz CT molecular complexity index is 159. The first kappa shape index (κ1) is 12.3. The summed E-state index contributed by atoms with van der Waals surface area (Å²) in [6, 6.07) is 0. The Morgan fingerprint density at radius 2 is 1.93 bits per heavy atom. The standard InChI is InChI=1S/C11H23NOS/c1-11(2,13)8-10-4-6-12(7-5-10)9-14-3/h10,13H,4-9H2,1-3H3. The topological polar surface area (TPSA) is 23.5 Å². The first-order valence-corrected chi connectivity index (χ1v) is 6.84. The summed E-state index contributed by atoms with van der Waals surface area (Å²) in [4.78, 5) is 2.51. The normalized spacial score (nSPS) is 21.4. The maximum absolute atomic E-state index is 9.72. The van der Waals surface area contributed by atoms with Crippen LogP contribution in [0.15, 0.2) is 0 Å². The van der Waals surface area contributed by atoms with Crippen LogP contribution >= 0.6 is 11.8 Å². The van der Waals surface area contributed by atoms with Gasteiger partial charge in [-0.05, 0) is 58.4 Å². The largest absolute Gasteiger partial charge is 0.390 e. The maximum Gasteiger partial charge on any atom is 0.0594 e. The molecule has 0 aliphatic carbocycles. The van der Waals surface area contributed by atoms with E-state index in [1.54, 1.807) is 0 Å². The monoisotopic (exact) mass is 217 g/mol. The molecule has 0 bridgehead atoms. The Kier molecular flexibility index (Phi) is 4.74. The smallest absolute Gasteiger partial charge is 0.0594 e. The molecule has 0 aromatic rings. The molecule has 1 fully saturated rings. The van der Waals surface area contributed by atoms with E-state index in [1.165, 1.54) is 25.9 Å².